The van der Waals surface area contributed by atoms with Crippen molar-refractivity contribution in [1.82, 2.24) is 0 Å². The Balaban J connectivity index is 1.85. The van der Waals surface area contributed by atoms with Crippen molar-refractivity contribution in [2.75, 3.05) is 11.9 Å². The number of amides is 1. The van der Waals surface area contributed by atoms with Crippen molar-refractivity contribution in [2.45, 2.75) is 71.2 Å². The molecular weight excluding hydrogens is 576 g/mol. The number of phenolic OH excluding ortho intramolecular Hbond substituents is 1. The summed E-state index contributed by atoms with van der Waals surface area (Å²) in [5.74, 6) is -9.80. The van der Waals surface area contributed by atoms with Crippen LogP contribution in [0.25, 0.3) is 0 Å². The Morgan fingerprint density at radius 3 is 2.24 bits per heavy atom. The Kier molecular flexibility index (Phi) is 8.25. The minimum absolute atomic E-state index is 0.0261. The highest BCUT2D eigenvalue weighted by Gasteiger charge is 2.80. The van der Waals surface area contributed by atoms with Crippen molar-refractivity contribution in [2.24, 2.45) is 46.2 Å². The Labute approximate surface area is 263 Å². The molecule has 7 N–H and O–H groups in total. The van der Waals surface area contributed by atoms with Crippen molar-refractivity contribution in [3.05, 3.63) is 59.7 Å². The van der Waals surface area contributed by atoms with E-state index < -0.39 is 81.6 Å². The summed E-state index contributed by atoms with van der Waals surface area (Å²) < 4.78 is 0. The maximum absolute atomic E-state index is 14.5. The number of aromatic hydroxyl groups is 1. The first kappa shape index (κ1) is 32.8. The smallest absolute Gasteiger partial charge is 0.230 e. The van der Waals surface area contributed by atoms with Crippen LogP contribution in [-0.2, 0) is 14.4 Å². The van der Waals surface area contributed by atoms with Crippen LogP contribution in [0, 0.1) is 40.4 Å². The predicted molar refractivity (Wildman–Crippen MR) is 166 cm³/mol. The molecule has 0 bridgehead atoms. The van der Waals surface area contributed by atoms with Crippen molar-refractivity contribution in [3.8, 4) is 5.75 Å². The van der Waals surface area contributed by atoms with E-state index in [1.165, 1.54) is 6.07 Å². The van der Waals surface area contributed by atoms with Crippen LogP contribution >= 0.6 is 0 Å². The van der Waals surface area contributed by atoms with E-state index in [9.17, 15) is 39.6 Å². The van der Waals surface area contributed by atoms with Gasteiger partial charge in [-0.3, -0.25) is 19.2 Å². The standard InChI is InChI=1S/C35H44N2O8/c1-6-19(38)15-23-33(4)21(16-37-18-11-8-7-9-12-18)20-13-10-14-22(39)24(20)28(40)27(33)31(43)35(45)30(42)25(32(36)44)29(41)26(17(2)3)34(23,35)5/h7-14,17,21,23,25-27,29,31,37,39,41,43,45H,6,15-16H2,1-5H3,(H2,36,44)/t21-,23-,25-,26+,27-,29?,31?,33-,34-,35+/m1/s1. The maximum atomic E-state index is 14.5. The highest BCUT2D eigenvalue weighted by atomic mass is 16.4. The number of anilines is 1. The van der Waals surface area contributed by atoms with E-state index in [4.69, 9.17) is 5.73 Å². The number of rotatable bonds is 8. The molecule has 2 aromatic rings. The first-order valence-corrected chi connectivity index (χ1v) is 15.7. The fourth-order valence-corrected chi connectivity index (χ4v) is 9.67. The number of benzene rings is 2. The lowest BCUT2D eigenvalue weighted by Crippen LogP contribution is -2.82. The van der Waals surface area contributed by atoms with Gasteiger partial charge in [-0.2, -0.15) is 0 Å². The quantitative estimate of drug-likeness (QED) is 0.241. The number of nitrogens with one attached hydrogen (secondary N) is 1. The molecule has 10 heteroatoms. The SMILES string of the molecule is CCC(=O)C[C@@H]1[C@@]2(C)[C@H](CNc3ccccc3)c3cccc(O)c3C(=O)[C@@H]2C(O)[C@@]2(O)C(=O)[C@H](C(N)=O)C(O)[C@H](C(C)C)[C@@]12C. The van der Waals surface area contributed by atoms with Crippen LogP contribution in [0.2, 0.25) is 0 Å². The Bertz CT molecular complexity index is 1530. The van der Waals surface area contributed by atoms with Gasteiger partial charge in [0.1, 0.15) is 23.6 Å². The van der Waals surface area contributed by atoms with E-state index in [-0.39, 0.29) is 36.5 Å². The lowest BCUT2D eigenvalue weighted by atomic mass is 9.33. The van der Waals surface area contributed by atoms with Gasteiger partial charge in [0.25, 0.3) is 0 Å². The summed E-state index contributed by atoms with van der Waals surface area (Å²) in [4.78, 5) is 54.9. The van der Waals surface area contributed by atoms with Crippen molar-refractivity contribution >= 4 is 28.9 Å². The number of para-hydroxylation sites is 1. The highest BCUT2D eigenvalue weighted by Crippen LogP contribution is 2.71. The van der Waals surface area contributed by atoms with Crippen LogP contribution in [0.15, 0.2) is 48.5 Å². The molecule has 5 rings (SSSR count). The minimum Gasteiger partial charge on any atom is -0.507 e. The predicted octanol–water partition coefficient (Wildman–Crippen LogP) is 2.82. The van der Waals surface area contributed by atoms with E-state index >= 15 is 0 Å². The first-order valence-electron chi connectivity index (χ1n) is 15.7. The third-order valence-electron chi connectivity index (χ3n) is 11.6. The van der Waals surface area contributed by atoms with Crippen molar-refractivity contribution in [1.29, 1.82) is 0 Å². The summed E-state index contributed by atoms with van der Waals surface area (Å²) >= 11 is 0. The Morgan fingerprint density at radius 2 is 1.67 bits per heavy atom. The highest BCUT2D eigenvalue weighted by molar-refractivity contribution is 6.09. The van der Waals surface area contributed by atoms with E-state index in [0.717, 1.165) is 5.69 Å². The molecule has 10 atom stereocenters. The molecule has 0 aromatic heterocycles. The summed E-state index contributed by atoms with van der Waals surface area (Å²) in [6.07, 6.45) is -3.69. The topological polar surface area (TPSA) is 187 Å². The lowest BCUT2D eigenvalue weighted by molar-refractivity contribution is -0.292. The van der Waals surface area contributed by atoms with Gasteiger partial charge in [-0.05, 0) is 46.9 Å². The second-order valence-electron chi connectivity index (χ2n) is 13.9. The molecular formula is C35H44N2O8. The largest absolute Gasteiger partial charge is 0.507 e. The van der Waals surface area contributed by atoms with Gasteiger partial charge in [0.05, 0.1) is 17.6 Å². The molecule has 2 unspecified atom stereocenters. The van der Waals surface area contributed by atoms with Crippen LogP contribution in [0.4, 0.5) is 5.69 Å². The van der Waals surface area contributed by atoms with E-state index in [0.29, 0.717) is 5.56 Å². The number of aliphatic hydroxyl groups excluding tert-OH is 2. The van der Waals surface area contributed by atoms with Gasteiger partial charge in [-0.1, -0.05) is 65.0 Å². The van der Waals surface area contributed by atoms with Gasteiger partial charge in [0.15, 0.2) is 17.2 Å². The monoisotopic (exact) mass is 620 g/mol. The molecule has 2 saturated carbocycles. The molecule has 0 spiro atoms. The zero-order valence-electron chi connectivity index (χ0n) is 26.4. The second-order valence-corrected chi connectivity index (χ2v) is 13.9. The number of aliphatic hydroxyl groups is 3. The molecule has 45 heavy (non-hydrogen) atoms. The molecule has 242 valence electrons. The molecule has 2 fully saturated rings. The van der Waals surface area contributed by atoms with Gasteiger partial charge in [-0.25, -0.2) is 0 Å². The summed E-state index contributed by atoms with van der Waals surface area (Å²) in [6.45, 7) is 8.87. The molecule has 0 radical (unpaired) electrons. The van der Waals surface area contributed by atoms with Crippen LogP contribution in [-0.4, -0.2) is 68.0 Å². The lowest BCUT2D eigenvalue weighted by Gasteiger charge is -2.71. The number of phenols is 1. The van der Waals surface area contributed by atoms with Gasteiger partial charge in [0.2, 0.25) is 5.91 Å². The zero-order chi connectivity index (χ0) is 33.2. The average molecular weight is 621 g/mol. The number of hydrogen-bond acceptors (Lipinski definition) is 9. The van der Waals surface area contributed by atoms with Gasteiger partial charge in [-0.15, -0.1) is 0 Å². The third-order valence-corrected chi connectivity index (χ3v) is 11.6. The Hall–Kier alpha value is -3.60. The van der Waals surface area contributed by atoms with Crippen LogP contribution in [0.3, 0.4) is 0 Å². The van der Waals surface area contributed by atoms with Crippen LogP contribution in [0.5, 0.6) is 5.75 Å². The molecule has 10 nitrogen and oxygen atoms in total. The van der Waals surface area contributed by atoms with E-state index in [1.54, 1.807) is 46.8 Å². The molecule has 2 aromatic carbocycles. The second kappa shape index (κ2) is 11.3. The number of Topliss-reactive ketones (excluding diaryl/α,β-unsaturated/α-hetero) is 3. The molecule has 0 aliphatic heterocycles. The first-order chi connectivity index (χ1) is 21.1. The Morgan fingerprint density at radius 1 is 1.02 bits per heavy atom. The molecule has 3 aliphatic rings. The maximum Gasteiger partial charge on any atom is 0.230 e. The number of carbonyl (C=O) groups excluding carboxylic acids is 4. The number of primary amides is 1. The fraction of sp³-hybridized carbons (Fsp3) is 0.543. The number of fused-ring (bicyclic) bond motifs is 3. The van der Waals surface area contributed by atoms with Crippen LogP contribution < -0.4 is 11.1 Å². The summed E-state index contributed by atoms with van der Waals surface area (Å²) in [5.41, 5.74) is 1.17. The van der Waals surface area contributed by atoms with Crippen LogP contribution in [0.1, 0.15) is 69.3 Å². The van der Waals surface area contributed by atoms with Crippen molar-refractivity contribution < 1.29 is 39.6 Å². The average Bonchev–Trinajstić information content (AvgIpc) is 2.97. The normalized spacial score (nSPS) is 37.4. The summed E-state index contributed by atoms with van der Waals surface area (Å²) in [6, 6.07) is 14.1. The summed E-state index contributed by atoms with van der Waals surface area (Å²) in [5, 5.41) is 51.2. The fourth-order valence-electron chi connectivity index (χ4n) is 9.67. The number of ketones is 3. The molecule has 0 heterocycles. The molecule has 3 aliphatic carbocycles. The van der Waals surface area contributed by atoms with E-state index in [1.807, 2.05) is 30.3 Å². The number of carbonyl (C=O) groups is 4. The summed E-state index contributed by atoms with van der Waals surface area (Å²) in [7, 11) is 0. The zero-order valence-corrected chi connectivity index (χ0v) is 26.4. The number of nitrogens with two attached hydrogens (primary N) is 1. The molecule has 1 amide bonds. The van der Waals surface area contributed by atoms with Gasteiger partial charge in [0, 0.05) is 36.4 Å². The van der Waals surface area contributed by atoms with Gasteiger partial charge < -0.3 is 31.5 Å². The van der Waals surface area contributed by atoms with E-state index in [2.05, 4.69) is 5.32 Å². The molecule has 0 saturated heterocycles. The minimum atomic E-state index is -2.74. The third kappa shape index (κ3) is 4.40. The van der Waals surface area contributed by atoms with Gasteiger partial charge >= 0.3 is 0 Å². The van der Waals surface area contributed by atoms with Crippen molar-refractivity contribution in [3.63, 3.8) is 0 Å². The number of hydrogen-bond donors (Lipinski definition) is 6.